The van der Waals surface area contributed by atoms with Crippen molar-refractivity contribution < 1.29 is 4.42 Å². The van der Waals surface area contributed by atoms with Gasteiger partial charge in [0, 0.05) is 10.4 Å². The van der Waals surface area contributed by atoms with Crippen LogP contribution in [0.3, 0.4) is 0 Å². The maximum absolute atomic E-state index is 5.57. The van der Waals surface area contributed by atoms with Crippen LogP contribution in [-0.2, 0) is 0 Å². The molecule has 2 heterocycles. The van der Waals surface area contributed by atoms with E-state index in [1.165, 1.54) is 10.4 Å². The van der Waals surface area contributed by atoms with Crippen LogP contribution in [0.2, 0.25) is 0 Å². The first-order chi connectivity index (χ1) is 7.20. The maximum atomic E-state index is 5.57. The molecule has 2 rings (SSSR count). The third-order valence-electron chi connectivity index (χ3n) is 2.33. The lowest BCUT2D eigenvalue weighted by atomic mass is 10.0. The van der Waals surface area contributed by atoms with Crippen LogP contribution in [0.4, 0.5) is 0 Å². The van der Waals surface area contributed by atoms with Crippen molar-refractivity contribution in [2.45, 2.75) is 19.9 Å². The van der Waals surface area contributed by atoms with Crippen molar-refractivity contribution in [2.24, 2.45) is 5.84 Å². The van der Waals surface area contributed by atoms with Gasteiger partial charge < -0.3 is 4.42 Å². The van der Waals surface area contributed by atoms with Crippen LogP contribution in [0.15, 0.2) is 28.2 Å². The Morgan fingerprint density at radius 1 is 1.33 bits per heavy atom. The number of thiophene rings is 1. The molecule has 0 spiro atoms. The van der Waals surface area contributed by atoms with Gasteiger partial charge in [-0.05, 0) is 36.9 Å². The highest BCUT2D eigenvalue weighted by molar-refractivity contribution is 7.10. The minimum absolute atomic E-state index is 0.0207. The van der Waals surface area contributed by atoms with Crippen molar-refractivity contribution in [2.75, 3.05) is 0 Å². The Bertz CT molecular complexity index is 407. The second-order valence-electron chi connectivity index (χ2n) is 3.58. The predicted molar refractivity (Wildman–Crippen MR) is 61.7 cm³/mol. The summed E-state index contributed by atoms with van der Waals surface area (Å²) in [7, 11) is 0. The van der Waals surface area contributed by atoms with Crippen LogP contribution in [-0.4, -0.2) is 0 Å². The Morgan fingerprint density at radius 2 is 2.13 bits per heavy atom. The van der Waals surface area contributed by atoms with Crippen molar-refractivity contribution in [3.05, 3.63) is 45.5 Å². The molecule has 0 saturated heterocycles. The minimum atomic E-state index is 0.0207. The number of nitrogens with one attached hydrogen (secondary N) is 1. The Balaban J connectivity index is 2.32. The lowest BCUT2D eigenvalue weighted by Crippen LogP contribution is -2.28. The standard InChI is InChI=1S/C11H14N2OS/c1-7-3-9(5-14-7)11(13-12)10-4-8(2)15-6-10/h3-6,11,13H,12H2,1-2H3. The normalized spacial score (nSPS) is 13.0. The summed E-state index contributed by atoms with van der Waals surface area (Å²) in [6, 6.07) is 4.15. The summed E-state index contributed by atoms with van der Waals surface area (Å²) in [6.45, 7) is 4.01. The number of furan rings is 1. The molecule has 0 saturated carbocycles. The van der Waals surface area contributed by atoms with Crippen molar-refractivity contribution in [3.63, 3.8) is 0 Å². The second-order valence-corrected chi connectivity index (χ2v) is 4.70. The molecular formula is C11H14N2OS. The van der Waals surface area contributed by atoms with Crippen LogP contribution in [0, 0.1) is 13.8 Å². The van der Waals surface area contributed by atoms with E-state index >= 15 is 0 Å². The van der Waals surface area contributed by atoms with Crippen LogP contribution >= 0.6 is 11.3 Å². The summed E-state index contributed by atoms with van der Waals surface area (Å²) >= 11 is 1.72. The lowest BCUT2D eigenvalue weighted by Gasteiger charge is -2.11. The molecule has 3 nitrogen and oxygen atoms in total. The van der Waals surface area contributed by atoms with E-state index in [1.807, 2.05) is 13.0 Å². The molecule has 1 atom stereocenters. The average molecular weight is 222 g/mol. The van der Waals surface area contributed by atoms with E-state index in [2.05, 4.69) is 23.8 Å². The molecule has 0 fully saturated rings. The second kappa shape index (κ2) is 4.18. The summed E-state index contributed by atoms with van der Waals surface area (Å²) in [4.78, 5) is 1.28. The first-order valence-electron chi connectivity index (χ1n) is 4.77. The van der Waals surface area contributed by atoms with Gasteiger partial charge in [-0.1, -0.05) is 0 Å². The summed E-state index contributed by atoms with van der Waals surface area (Å²) in [5.41, 5.74) is 5.05. The molecule has 0 aromatic carbocycles. The molecular weight excluding hydrogens is 208 g/mol. The molecule has 4 heteroatoms. The first-order valence-corrected chi connectivity index (χ1v) is 5.65. The van der Waals surface area contributed by atoms with Gasteiger partial charge in [-0.15, -0.1) is 11.3 Å². The number of rotatable bonds is 3. The highest BCUT2D eigenvalue weighted by Crippen LogP contribution is 2.26. The van der Waals surface area contributed by atoms with E-state index in [4.69, 9.17) is 10.3 Å². The van der Waals surface area contributed by atoms with Gasteiger partial charge in [0.15, 0.2) is 0 Å². The molecule has 80 valence electrons. The quantitative estimate of drug-likeness (QED) is 0.619. The smallest absolute Gasteiger partial charge is 0.101 e. The summed E-state index contributed by atoms with van der Waals surface area (Å²) in [5.74, 6) is 6.47. The predicted octanol–water partition coefficient (Wildman–Crippen LogP) is 2.51. The number of hydrogen-bond acceptors (Lipinski definition) is 4. The zero-order chi connectivity index (χ0) is 10.8. The molecule has 1 unspecified atom stereocenters. The molecule has 2 aromatic heterocycles. The Hall–Kier alpha value is -1.10. The van der Waals surface area contributed by atoms with E-state index in [0.29, 0.717) is 0 Å². The summed E-state index contributed by atoms with van der Waals surface area (Å²) < 4.78 is 5.28. The van der Waals surface area contributed by atoms with Gasteiger partial charge in [-0.2, -0.15) is 0 Å². The van der Waals surface area contributed by atoms with Crippen molar-refractivity contribution >= 4 is 11.3 Å². The molecule has 3 N–H and O–H groups in total. The minimum Gasteiger partial charge on any atom is -0.469 e. The Kier molecular flexibility index (Phi) is 2.90. The molecule has 0 radical (unpaired) electrons. The maximum Gasteiger partial charge on any atom is 0.101 e. The Morgan fingerprint density at radius 3 is 2.60 bits per heavy atom. The zero-order valence-electron chi connectivity index (χ0n) is 8.78. The van der Waals surface area contributed by atoms with Gasteiger partial charge in [0.25, 0.3) is 0 Å². The van der Waals surface area contributed by atoms with Crippen LogP contribution in [0.25, 0.3) is 0 Å². The molecule has 0 aliphatic rings. The largest absolute Gasteiger partial charge is 0.469 e. The molecule has 2 aromatic rings. The number of hydrazine groups is 1. The third kappa shape index (κ3) is 2.12. The van der Waals surface area contributed by atoms with Crippen LogP contribution in [0.5, 0.6) is 0 Å². The fourth-order valence-electron chi connectivity index (χ4n) is 1.62. The molecule has 0 amide bonds. The summed E-state index contributed by atoms with van der Waals surface area (Å²) in [5, 5.41) is 2.11. The van der Waals surface area contributed by atoms with Crippen LogP contribution in [0.1, 0.15) is 27.8 Å². The molecule has 0 aliphatic carbocycles. The van der Waals surface area contributed by atoms with Gasteiger partial charge in [0.1, 0.15) is 5.76 Å². The van der Waals surface area contributed by atoms with Crippen molar-refractivity contribution in [3.8, 4) is 0 Å². The van der Waals surface area contributed by atoms with Gasteiger partial charge in [0.05, 0.1) is 12.3 Å². The highest BCUT2D eigenvalue weighted by Gasteiger charge is 2.15. The third-order valence-corrected chi connectivity index (χ3v) is 3.21. The average Bonchev–Trinajstić information content (AvgIpc) is 2.78. The van der Waals surface area contributed by atoms with E-state index in [0.717, 1.165) is 11.3 Å². The molecule has 15 heavy (non-hydrogen) atoms. The number of nitrogens with two attached hydrogens (primary N) is 1. The Labute approximate surface area is 92.9 Å². The SMILES string of the molecule is Cc1cc(C(NN)c2csc(C)c2)co1. The fraction of sp³-hybridized carbons (Fsp3) is 0.273. The molecule has 0 bridgehead atoms. The number of hydrogen-bond donors (Lipinski definition) is 2. The van der Waals surface area contributed by atoms with E-state index in [9.17, 15) is 0 Å². The van der Waals surface area contributed by atoms with E-state index in [1.54, 1.807) is 17.6 Å². The van der Waals surface area contributed by atoms with Gasteiger partial charge in [-0.25, -0.2) is 5.43 Å². The monoisotopic (exact) mass is 222 g/mol. The first kappa shape index (κ1) is 10.4. The van der Waals surface area contributed by atoms with Gasteiger partial charge in [0.2, 0.25) is 0 Å². The highest BCUT2D eigenvalue weighted by atomic mass is 32.1. The fourth-order valence-corrected chi connectivity index (χ4v) is 2.35. The van der Waals surface area contributed by atoms with Gasteiger partial charge >= 0.3 is 0 Å². The zero-order valence-corrected chi connectivity index (χ0v) is 9.60. The van der Waals surface area contributed by atoms with Crippen molar-refractivity contribution in [1.29, 1.82) is 0 Å². The molecule has 0 aliphatic heterocycles. The van der Waals surface area contributed by atoms with E-state index < -0.39 is 0 Å². The summed E-state index contributed by atoms with van der Waals surface area (Å²) in [6.07, 6.45) is 1.74. The topological polar surface area (TPSA) is 51.2 Å². The number of aryl methyl sites for hydroxylation is 2. The van der Waals surface area contributed by atoms with E-state index in [-0.39, 0.29) is 6.04 Å². The van der Waals surface area contributed by atoms with Gasteiger partial charge in [-0.3, -0.25) is 5.84 Å². The lowest BCUT2D eigenvalue weighted by molar-refractivity contribution is 0.526. The van der Waals surface area contributed by atoms with Crippen LogP contribution < -0.4 is 11.3 Å². The van der Waals surface area contributed by atoms with Crippen molar-refractivity contribution in [1.82, 2.24) is 5.43 Å².